The average molecular weight is 515 g/mol. The molecule has 2 heterocycles. The Labute approximate surface area is 226 Å². The summed E-state index contributed by atoms with van der Waals surface area (Å²) in [5.74, 6) is 4.06. The number of pyridine rings is 1. The van der Waals surface area contributed by atoms with Crippen LogP contribution in [0, 0.1) is 40.4 Å². The minimum Gasteiger partial charge on any atom is -0.439 e. The Bertz CT molecular complexity index is 1260. The summed E-state index contributed by atoms with van der Waals surface area (Å²) in [5, 5.41) is 15.5. The molecule has 2 aromatic heterocycles. The number of hydrogen-bond acceptors (Lipinski definition) is 5. The smallest absolute Gasteiger partial charge is 0.219 e. The van der Waals surface area contributed by atoms with E-state index in [0.717, 1.165) is 36.7 Å². The third-order valence-electron chi connectivity index (χ3n) is 11.1. The molecule has 38 heavy (non-hydrogen) atoms. The summed E-state index contributed by atoms with van der Waals surface area (Å²) in [6, 6.07) is 13.6. The van der Waals surface area contributed by atoms with Crippen LogP contribution in [0.15, 0.2) is 54.9 Å². The molecule has 3 aliphatic rings. The number of nitrogens with zero attached hydrogens (tertiary/aromatic N) is 3. The van der Waals surface area contributed by atoms with Gasteiger partial charge in [-0.3, -0.25) is 0 Å². The predicted molar refractivity (Wildman–Crippen MR) is 149 cm³/mol. The van der Waals surface area contributed by atoms with Crippen LogP contribution in [0.5, 0.6) is 11.6 Å². The van der Waals surface area contributed by atoms with Gasteiger partial charge in [-0.05, 0) is 121 Å². The monoisotopic (exact) mass is 514 g/mol. The number of fused-ring (bicyclic) bond motifs is 2. The highest BCUT2D eigenvalue weighted by Crippen LogP contribution is 2.63. The van der Waals surface area contributed by atoms with E-state index in [0.29, 0.717) is 29.0 Å². The summed E-state index contributed by atoms with van der Waals surface area (Å²) < 4.78 is 7.93. The zero-order valence-electron chi connectivity index (χ0n) is 23.0. The molecule has 6 rings (SSSR count). The number of ether oxygens (including phenoxy) is 1. The maximum atomic E-state index is 10.7. The Balaban J connectivity index is 1.26. The van der Waals surface area contributed by atoms with Gasteiger partial charge in [0, 0.05) is 24.6 Å². The van der Waals surface area contributed by atoms with Gasteiger partial charge in [-0.2, -0.15) is 5.10 Å². The molecule has 0 radical (unpaired) electrons. The first-order valence-corrected chi connectivity index (χ1v) is 14.4. The first-order valence-electron chi connectivity index (χ1n) is 14.4. The quantitative estimate of drug-likeness (QED) is 0.434. The Morgan fingerprint density at radius 1 is 1.05 bits per heavy atom. The van der Waals surface area contributed by atoms with Crippen LogP contribution in [0.2, 0.25) is 0 Å². The fourth-order valence-electron chi connectivity index (χ4n) is 8.60. The molecule has 3 aliphatic carbocycles. The third kappa shape index (κ3) is 4.08. The fourth-order valence-corrected chi connectivity index (χ4v) is 8.60. The molecule has 2 saturated carbocycles. The van der Waals surface area contributed by atoms with Crippen molar-refractivity contribution in [3.8, 4) is 17.3 Å². The van der Waals surface area contributed by atoms with Crippen LogP contribution in [-0.2, 0) is 12.8 Å². The first kappa shape index (κ1) is 25.6. The highest BCUT2D eigenvalue weighted by molar-refractivity contribution is 5.41. The van der Waals surface area contributed by atoms with Crippen LogP contribution >= 0.6 is 0 Å². The van der Waals surface area contributed by atoms with Gasteiger partial charge in [0.2, 0.25) is 5.88 Å². The van der Waals surface area contributed by atoms with Gasteiger partial charge < -0.3 is 15.6 Å². The molecule has 202 valence electrons. The number of rotatable bonds is 6. The Kier molecular flexibility index (Phi) is 6.59. The second-order valence-electron chi connectivity index (χ2n) is 12.7. The number of aliphatic hydroxyl groups is 1. The Hall–Kier alpha value is -2.70. The van der Waals surface area contributed by atoms with E-state index < -0.39 is 0 Å². The predicted octanol–water partition coefficient (Wildman–Crippen LogP) is 5.81. The van der Waals surface area contributed by atoms with Gasteiger partial charge >= 0.3 is 0 Å². The highest BCUT2D eigenvalue weighted by Gasteiger charge is 2.57. The van der Waals surface area contributed by atoms with Crippen LogP contribution in [0.3, 0.4) is 0 Å². The van der Waals surface area contributed by atoms with Crippen LogP contribution in [0.1, 0.15) is 57.7 Å². The lowest BCUT2D eigenvalue weighted by Gasteiger charge is -2.56. The number of aromatic nitrogens is 3. The summed E-state index contributed by atoms with van der Waals surface area (Å²) in [6.45, 7) is 8.36. The number of nitrogens with two attached hydrogens (primary N) is 1. The zero-order valence-corrected chi connectivity index (χ0v) is 23.0. The summed E-state index contributed by atoms with van der Waals surface area (Å²) in [6.07, 6.45) is 10.7. The SMILES string of the molecule is C[C@H]1CC[C@H]2[C@H](CN)[C@@H]([C@@]3(C)Cc4cnn(-c5ccc(Oc6ccccn6)cc5)c4C[C@@H]3CO)CC[C@]12C. The largest absolute Gasteiger partial charge is 0.439 e. The van der Waals surface area contributed by atoms with E-state index in [-0.39, 0.29) is 17.9 Å². The molecule has 6 heteroatoms. The lowest BCUT2D eigenvalue weighted by atomic mass is 9.49. The van der Waals surface area contributed by atoms with Gasteiger partial charge in [0.25, 0.3) is 0 Å². The molecular weight excluding hydrogens is 472 g/mol. The van der Waals surface area contributed by atoms with E-state index >= 15 is 0 Å². The minimum absolute atomic E-state index is 0.0210. The van der Waals surface area contributed by atoms with Gasteiger partial charge in [-0.25, -0.2) is 9.67 Å². The molecule has 1 aromatic carbocycles. The minimum atomic E-state index is 0.0210. The molecule has 0 amide bonds. The normalized spacial score (nSPS) is 34.5. The lowest BCUT2D eigenvalue weighted by molar-refractivity contribution is -0.0691. The average Bonchev–Trinajstić information content (AvgIpc) is 3.48. The Morgan fingerprint density at radius 3 is 2.55 bits per heavy atom. The van der Waals surface area contributed by atoms with Gasteiger partial charge in [-0.15, -0.1) is 0 Å². The van der Waals surface area contributed by atoms with Crippen molar-refractivity contribution >= 4 is 0 Å². The van der Waals surface area contributed by atoms with Crippen LogP contribution < -0.4 is 10.5 Å². The van der Waals surface area contributed by atoms with Crippen molar-refractivity contribution < 1.29 is 9.84 Å². The van der Waals surface area contributed by atoms with Gasteiger partial charge in [0.05, 0.1) is 11.9 Å². The number of aliphatic hydroxyl groups excluding tert-OH is 1. The Morgan fingerprint density at radius 2 is 1.84 bits per heavy atom. The van der Waals surface area contributed by atoms with Crippen molar-refractivity contribution in [3.63, 3.8) is 0 Å². The molecule has 0 unspecified atom stereocenters. The van der Waals surface area contributed by atoms with E-state index in [4.69, 9.17) is 15.6 Å². The molecule has 0 spiro atoms. The second-order valence-corrected chi connectivity index (χ2v) is 12.7. The third-order valence-corrected chi connectivity index (χ3v) is 11.1. The molecule has 6 nitrogen and oxygen atoms in total. The van der Waals surface area contributed by atoms with Crippen molar-refractivity contribution in [1.29, 1.82) is 0 Å². The topological polar surface area (TPSA) is 86.2 Å². The van der Waals surface area contributed by atoms with Gasteiger partial charge in [-0.1, -0.05) is 26.8 Å². The van der Waals surface area contributed by atoms with Gasteiger partial charge in [0.1, 0.15) is 5.75 Å². The maximum Gasteiger partial charge on any atom is 0.219 e. The molecule has 0 saturated heterocycles. The van der Waals surface area contributed by atoms with Crippen molar-refractivity contribution in [2.45, 2.75) is 59.3 Å². The van der Waals surface area contributed by atoms with Crippen molar-refractivity contribution in [1.82, 2.24) is 14.8 Å². The summed E-state index contributed by atoms with van der Waals surface area (Å²) in [7, 11) is 0. The highest BCUT2D eigenvalue weighted by atomic mass is 16.5. The molecule has 2 fully saturated rings. The van der Waals surface area contributed by atoms with Crippen LogP contribution in [0.4, 0.5) is 0 Å². The maximum absolute atomic E-state index is 10.7. The number of hydrogen-bond donors (Lipinski definition) is 2. The van der Waals surface area contributed by atoms with Crippen molar-refractivity contribution in [3.05, 3.63) is 66.1 Å². The first-order chi connectivity index (χ1) is 18.4. The van der Waals surface area contributed by atoms with E-state index in [1.54, 1.807) is 6.20 Å². The molecule has 0 aliphatic heterocycles. The summed E-state index contributed by atoms with van der Waals surface area (Å²) >= 11 is 0. The molecule has 3 aromatic rings. The van der Waals surface area contributed by atoms with E-state index in [1.807, 2.05) is 42.5 Å². The summed E-state index contributed by atoms with van der Waals surface area (Å²) in [5.41, 5.74) is 10.5. The molecule has 7 atom stereocenters. The van der Waals surface area contributed by atoms with E-state index in [2.05, 4.69) is 36.6 Å². The number of benzene rings is 1. The van der Waals surface area contributed by atoms with Crippen molar-refractivity contribution in [2.24, 2.45) is 46.2 Å². The standard InChI is InChI=1S/C32H42N4O2/c1-21-7-12-27-26(18-33)28(13-14-31(21,27)2)32(3)17-22-19-35-36(29(22)16-23(32)20-37)24-8-10-25(11-9-24)38-30-6-4-5-15-34-30/h4-6,8-11,15,19,21,23,26-28,37H,7,12-14,16-18,20,33H2,1-3H3/t21-,23+,26-,27-,28-,31+,32-/m0/s1. The van der Waals surface area contributed by atoms with E-state index in [9.17, 15) is 5.11 Å². The zero-order chi connectivity index (χ0) is 26.5. The molecular formula is C32H42N4O2. The van der Waals surface area contributed by atoms with E-state index in [1.165, 1.54) is 36.9 Å². The fraction of sp³-hybridized carbons (Fsp3) is 0.562. The second kappa shape index (κ2) is 9.80. The van der Waals surface area contributed by atoms with Crippen molar-refractivity contribution in [2.75, 3.05) is 13.2 Å². The van der Waals surface area contributed by atoms with Gasteiger partial charge in [0.15, 0.2) is 0 Å². The molecule has 0 bridgehead atoms. The lowest BCUT2D eigenvalue weighted by Crippen LogP contribution is -2.53. The summed E-state index contributed by atoms with van der Waals surface area (Å²) in [4.78, 5) is 4.24. The molecule has 3 N–H and O–H groups in total. The van der Waals surface area contributed by atoms with Crippen LogP contribution in [-0.4, -0.2) is 33.0 Å². The van der Waals surface area contributed by atoms with Crippen LogP contribution in [0.25, 0.3) is 5.69 Å².